The van der Waals surface area contributed by atoms with Crippen LogP contribution in [-0.4, -0.2) is 0 Å². The van der Waals surface area contributed by atoms with Crippen LogP contribution >= 0.6 is 45.3 Å². The van der Waals surface area contributed by atoms with Gasteiger partial charge in [0.25, 0.3) is 0 Å². The van der Waals surface area contributed by atoms with Gasteiger partial charge in [-0.05, 0) is 94.0 Å². The van der Waals surface area contributed by atoms with Crippen molar-refractivity contribution < 1.29 is 0 Å². The van der Waals surface area contributed by atoms with E-state index in [0.717, 1.165) is 0 Å². The van der Waals surface area contributed by atoms with Gasteiger partial charge in [0.15, 0.2) is 0 Å². The first-order valence-corrected chi connectivity index (χ1v) is 20.7. The Morgan fingerprint density at radius 1 is 0.212 bits per heavy atom. The molecule has 0 amide bonds. The van der Waals surface area contributed by atoms with Crippen LogP contribution in [0.1, 0.15) is 0 Å². The van der Waals surface area contributed by atoms with E-state index in [2.05, 4.69) is 158 Å². The number of hydrogen-bond acceptors (Lipinski definition) is 4. The van der Waals surface area contributed by atoms with Gasteiger partial charge in [-0.15, -0.1) is 45.3 Å². The SMILES string of the molecule is c1ccc(-c2ccccc2-c2ccc3sc4cc5c(cc4c3c2)sc2ccccc25)c(-c2ccc3sc4cc5c(cc4c3c2)sc2ccccc25)c1. The van der Waals surface area contributed by atoms with E-state index in [4.69, 9.17) is 0 Å². The molecule has 0 bridgehead atoms. The Morgan fingerprint density at radius 2 is 0.519 bits per heavy atom. The molecule has 4 heterocycles. The topological polar surface area (TPSA) is 0 Å². The van der Waals surface area contributed by atoms with Gasteiger partial charge in [-0.2, -0.15) is 0 Å². The molecule has 0 nitrogen and oxygen atoms in total. The molecule has 0 N–H and O–H groups in total. The second-order valence-electron chi connectivity index (χ2n) is 13.6. The van der Waals surface area contributed by atoms with Gasteiger partial charge in [0.2, 0.25) is 0 Å². The summed E-state index contributed by atoms with van der Waals surface area (Å²) in [6, 6.07) is 59.3. The summed E-state index contributed by atoms with van der Waals surface area (Å²) in [7, 11) is 0. The van der Waals surface area contributed by atoms with Gasteiger partial charge >= 0.3 is 0 Å². The molecule has 0 radical (unpaired) electrons. The minimum absolute atomic E-state index is 1.25. The average molecular weight is 731 g/mol. The van der Waals surface area contributed by atoms with Crippen LogP contribution in [0.3, 0.4) is 0 Å². The molecule has 52 heavy (non-hydrogen) atoms. The number of rotatable bonds is 3. The maximum Gasteiger partial charge on any atom is 0.0362 e. The summed E-state index contributed by atoms with van der Waals surface area (Å²) < 4.78 is 10.8. The van der Waals surface area contributed by atoms with E-state index in [1.165, 1.54) is 114 Å². The van der Waals surface area contributed by atoms with Crippen molar-refractivity contribution in [2.24, 2.45) is 0 Å². The largest absolute Gasteiger partial charge is 0.135 e. The van der Waals surface area contributed by atoms with E-state index in [-0.39, 0.29) is 0 Å². The molecule has 0 atom stereocenters. The minimum atomic E-state index is 1.25. The molecule has 0 saturated heterocycles. The summed E-state index contributed by atoms with van der Waals surface area (Å²) in [6.07, 6.45) is 0. The monoisotopic (exact) mass is 730 g/mol. The highest BCUT2D eigenvalue weighted by Gasteiger charge is 2.17. The Labute approximate surface area is 315 Å². The Bertz CT molecular complexity index is 3190. The van der Waals surface area contributed by atoms with Crippen LogP contribution < -0.4 is 0 Å². The Hall–Kier alpha value is -5.36. The average Bonchev–Trinajstić information content (AvgIpc) is 3.95. The molecule has 242 valence electrons. The third-order valence-corrected chi connectivity index (χ3v) is 15.2. The molecule has 0 saturated carbocycles. The predicted molar refractivity (Wildman–Crippen MR) is 234 cm³/mol. The smallest absolute Gasteiger partial charge is 0.0362 e. The zero-order valence-electron chi connectivity index (χ0n) is 27.6. The van der Waals surface area contributed by atoms with Crippen LogP contribution in [-0.2, 0) is 0 Å². The lowest BCUT2D eigenvalue weighted by atomic mass is 9.89. The Balaban J connectivity index is 1.00. The standard InChI is InChI=1S/C48H26S4/c1-3-11-31(29(9-1)27-17-19-43-35(21-27)39-25-45-37(23-47(39)51-43)33-13-5-7-15-41(33)49-45)32-12-4-2-10-30(32)28-18-20-44-36(22-28)40-26-46-38(24-48(40)52-44)34-14-6-8-16-42(34)50-46/h1-26H. The zero-order valence-corrected chi connectivity index (χ0v) is 30.9. The number of thiophene rings is 4. The Kier molecular flexibility index (Phi) is 6.23. The normalized spacial score (nSPS) is 12.2. The fourth-order valence-corrected chi connectivity index (χ4v) is 12.7. The van der Waals surface area contributed by atoms with E-state index in [1.807, 2.05) is 45.3 Å². The van der Waals surface area contributed by atoms with Crippen molar-refractivity contribution in [2.75, 3.05) is 0 Å². The van der Waals surface area contributed by atoms with Gasteiger partial charge in [-0.3, -0.25) is 0 Å². The summed E-state index contributed by atoms with van der Waals surface area (Å²) >= 11 is 7.60. The van der Waals surface area contributed by atoms with E-state index in [0.29, 0.717) is 0 Å². The summed E-state index contributed by atoms with van der Waals surface area (Å²) in [5, 5.41) is 10.8. The number of benzene rings is 8. The molecule has 8 aromatic carbocycles. The zero-order chi connectivity index (χ0) is 33.9. The van der Waals surface area contributed by atoms with E-state index < -0.39 is 0 Å². The molecule has 12 aromatic rings. The molecule has 0 fully saturated rings. The maximum absolute atomic E-state index is 2.43. The van der Waals surface area contributed by atoms with Gasteiger partial charge in [0.1, 0.15) is 0 Å². The lowest BCUT2D eigenvalue weighted by Crippen LogP contribution is -1.89. The molecular weight excluding hydrogens is 705 g/mol. The molecule has 12 rings (SSSR count). The van der Waals surface area contributed by atoms with Crippen LogP contribution in [0.5, 0.6) is 0 Å². The Morgan fingerprint density at radius 3 is 0.942 bits per heavy atom. The van der Waals surface area contributed by atoms with Gasteiger partial charge in [0, 0.05) is 80.7 Å². The molecule has 0 aliphatic carbocycles. The summed E-state index contributed by atoms with van der Waals surface area (Å²) in [5.41, 5.74) is 7.53. The number of fused-ring (bicyclic) bond motifs is 12. The fraction of sp³-hybridized carbons (Fsp3) is 0. The van der Waals surface area contributed by atoms with Crippen molar-refractivity contribution in [2.45, 2.75) is 0 Å². The van der Waals surface area contributed by atoms with Crippen molar-refractivity contribution in [1.82, 2.24) is 0 Å². The first kappa shape index (κ1) is 29.2. The van der Waals surface area contributed by atoms with Crippen molar-refractivity contribution in [3.8, 4) is 33.4 Å². The highest BCUT2D eigenvalue weighted by molar-refractivity contribution is 7.28. The van der Waals surface area contributed by atoms with Gasteiger partial charge < -0.3 is 0 Å². The van der Waals surface area contributed by atoms with Crippen molar-refractivity contribution in [3.05, 3.63) is 158 Å². The van der Waals surface area contributed by atoms with Crippen molar-refractivity contribution in [1.29, 1.82) is 0 Å². The van der Waals surface area contributed by atoms with Crippen molar-refractivity contribution in [3.63, 3.8) is 0 Å². The molecule has 0 spiro atoms. The van der Waals surface area contributed by atoms with Gasteiger partial charge in [0.05, 0.1) is 0 Å². The van der Waals surface area contributed by atoms with Crippen molar-refractivity contribution >= 4 is 126 Å². The highest BCUT2D eigenvalue weighted by atomic mass is 32.1. The maximum atomic E-state index is 2.43. The van der Waals surface area contributed by atoms with Crippen LogP contribution in [0.2, 0.25) is 0 Å². The van der Waals surface area contributed by atoms with Gasteiger partial charge in [-0.1, -0.05) is 97.1 Å². The van der Waals surface area contributed by atoms with Crippen LogP contribution in [0.25, 0.3) is 114 Å². The minimum Gasteiger partial charge on any atom is -0.135 e. The fourth-order valence-electron chi connectivity index (χ4n) is 8.26. The van der Waals surface area contributed by atoms with Crippen LogP contribution in [0, 0.1) is 0 Å². The van der Waals surface area contributed by atoms with Crippen LogP contribution in [0.4, 0.5) is 0 Å². The lowest BCUT2D eigenvalue weighted by molar-refractivity contribution is 1.58. The molecular formula is C48H26S4. The molecule has 0 aliphatic heterocycles. The highest BCUT2D eigenvalue weighted by Crippen LogP contribution is 2.46. The second-order valence-corrected chi connectivity index (χ2v) is 17.9. The third-order valence-electron chi connectivity index (χ3n) is 10.7. The molecule has 4 heteroatoms. The first-order valence-electron chi connectivity index (χ1n) is 17.5. The van der Waals surface area contributed by atoms with E-state index in [1.54, 1.807) is 0 Å². The third kappa shape index (κ3) is 4.30. The first-order chi connectivity index (χ1) is 25.7. The summed E-state index contributed by atoms with van der Waals surface area (Å²) in [5.74, 6) is 0. The molecule has 0 aliphatic rings. The lowest BCUT2D eigenvalue weighted by Gasteiger charge is -2.15. The van der Waals surface area contributed by atoms with E-state index >= 15 is 0 Å². The van der Waals surface area contributed by atoms with Gasteiger partial charge in [-0.25, -0.2) is 0 Å². The predicted octanol–water partition coefficient (Wildman–Crippen LogP) is 16.2. The van der Waals surface area contributed by atoms with Crippen LogP contribution in [0.15, 0.2) is 158 Å². The number of hydrogen-bond donors (Lipinski definition) is 0. The summed E-state index contributed by atoms with van der Waals surface area (Å²) in [6.45, 7) is 0. The quantitative estimate of drug-likeness (QED) is 0.170. The summed E-state index contributed by atoms with van der Waals surface area (Å²) in [4.78, 5) is 0. The van der Waals surface area contributed by atoms with E-state index in [9.17, 15) is 0 Å². The second kappa shape index (κ2) is 11.1. The molecule has 0 unspecified atom stereocenters. The molecule has 4 aromatic heterocycles.